The second kappa shape index (κ2) is 4.94. The summed E-state index contributed by atoms with van der Waals surface area (Å²) in [6.45, 7) is 0. The number of thioether (sulfide) groups is 1. The summed E-state index contributed by atoms with van der Waals surface area (Å²) < 4.78 is 0. The van der Waals surface area contributed by atoms with E-state index in [1.54, 1.807) is 18.4 Å². The van der Waals surface area contributed by atoms with Crippen LogP contribution in [0.15, 0.2) is 34.2 Å². The molecule has 5 nitrogen and oxygen atoms in total. The van der Waals surface area contributed by atoms with Gasteiger partial charge in [0.15, 0.2) is 5.16 Å². The SMILES string of the molecule is CSc1nc(-c2cccc(O)c2)c(C#N)c(=O)[nH]1. The highest BCUT2D eigenvalue weighted by Gasteiger charge is 2.13. The first-order chi connectivity index (χ1) is 8.65. The Bertz CT molecular complexity index is 688. The number of hydrogen-bond acceptors (Lipinski definition) is 5. The maximum Gasteiger partial charge on any atom is 0.270 e. The van der Waals surface area contributed by atoms with Gasteiger partial charge in [-0.15, -0.1) is 0 Å². The van der Waals surface area contributed by atoms with Crippen LogP contribution in [0, 0.1) is 11.3 Å². The van der Waals surface area contributed by atoms with Gasteiger partial charge in [0.25, 0.3) is 5.56 Å². The molecule has 1 aromatic carbocycles. The minimum atomic E-state index is -0.477. The molecular weight excluding hydrogens is 250 g/mol. The van der Waals surface area contributed by atoms with Crippen molar-refractivity contribution in [3.05, 3.63) is 40.2 Å². The van der Waals surface area contributed by atoms with E-state index in [9.17, 15) is 9.90 Å². The Morgan fingerprint density at radius 3 is 2.89 bits per heavy atom. The average molecular weight is 259 g/mol. The number of aromatic amines is 1. The van der Waals surface area contributed by atoms with E-state index in [1.165, 1.54) is 23.9 Å². The minimum absolute atomic E-state index is 0.0570. The average Bonchev–Trinajstić information content (AvgIpc) is 2.37. The molecule has 0 saturated carbocycles. The molecule has 0 aliphatic rings. The van der Waals surface area contributed by atoms with E-state index >= 15 is 0 Å². The number of phenolic OH excluding ortho intramolecular Hbond substituents is 1. The van der Waals surface area contributed by atoms with E-state index in [-0.39, 0.29) is 17.0 Å². The molecule has 0 aliphatic heterocycles. The number of nitrogens with zero attached hydrogens (tertiary/aromatic N) is 2. The molecule has 0 radical (unpaired) electrons. The molecule has 0 saturated heterocycles. The van der Waals surface area contributed by atoms with Crippen molar-refractivity contribution < 1.29 is 5.11 Å². The fraction of sp³-hybridized carbons (Fsp3) is 0.0833. The van der Waals surface area contributed by atoms with Crippen molar-refractivity contribution in [2.75, 3.05) is 6.26 Å². The van der Waals surface area contributed by atoms with Gasteiger partial charge in [-0.2, -0.15) is 5.26 Å². The molecule has 0 bridgehead atoms. The topological polar surface area (TPSA) is 89.8 Å². The minimum Gasteiger partial charge on any atom is -0.508 e. The molecule has 0 unspecified atom stereocenters. The van der Waals surface area contributed by atoms with Crippen LogP contribution in [-0.2, 0) is 0 Å². The molecule has 1 heterocycles. The first kappa shape index (κ1) is 12.2. The van der Waals surface area contributed by atoms with Gasteiger partial charge in [-0.1, -0.05) is 23.9 Å². The summed E-state index contributed by atoms with van der Waals surface area (Å²) in [6.07, 6.45) is 1.77. The number of nitrogens with one attached hydrogen (secondary N) is 1. The highest BCUT2D eigenvalue weighted by molar-refractivity contribution is 7.98. The number of H-pyrrole nitrogens is 1. The second-order valence-corrected chi connectivity index (χ2v) is 4.26. The summed E-state index contributed by atoms with van der Waals surface area (Å²) in [6, 6.07) is 8.13. The third kappa shape index (κ3) is 2.21. The molecule has 6 heteroatoms. The maximum absolute atomic E-state index is 11.7. The normalized spacial score (nSPS) is 10.0. The predicted molar refractivity (Wildman–Crippen MR) is 68.5 cm³/mol. The largest absolute Gasteiger partial charge is 0.508 e. The predicted octanol–water partition coefficient (Wildman–Crippen LogP) is 1.74. The van der Waals surface area contributed by atoms with Crippen molar-refractivity contribution >= 4 is 11.8 Å². The fourth-order valence-corrected chi connectivity index (χ4v) is 1.89. The van der Waals surface area contributed by atoms with Gasteiger partial charge in [0.05, 0.1) is 5.69 Å². The molecule has 90 valence electrons. The molecule has 2 rings (SSSR count). The molecule has 0 amide bonds. The van der Waals surface area contributed by atoms with Gasteiger partial charge in [0, 0.05) is 5.56 Å². The van der Waals surface area contributed by atoms with Gasteiger partial charge in [-0.3, -0.25) is 4.79 Å². The summed E-state index contributed by atoms with van der Waals surface area (Å²) in [5.41, 5.74) is 0.281. The number of rotatable bonds is 2. The van der Waals surface area contributed by atoms with Crippen LogP contribution in [0.2, 0.25) is 0 Å². The lowest BCUT2D eigenvalue weighted by atomic mass is 10.1. The molecule has 0 aliphatic carbocycles. The van der Waals surface area contributed by atoms with Gasteiger partial charge in [-0.25, -0.2) is 4.98 Å². The highest BCUT2D eigenvalue weighted by atomic mass is 32.2. The lowest BCUT2D eigenvalue weighted by Gasteiger charge is -2.05. The van der Waals surface area contributed by atoms with Crippen molar-refractivity contribution in [1.29, 1.82) is 5.26 Å². The van der Waals surface area contributed by atoms with Crippen LogP contribution in [0.5, 0.6) is 5.75 Å². The van der Waals surface area contributed by atoms with E-state index in [0.717, 1.165) is 0 Å². The molecule has 2 N–H and O–H groups in total. The van der Waals surface area contributed by atoms with Crippen LogP contribution in [0.25, 0.3) is 11.3 Å². The third-order valence-corrected chi connectivity index (χ3v) is 2.90. The van der Waals surface area contributed by atoms with E-state index in [2.05, 4.69) is 9.97 Å². The van der Waals surface area contributed by atoms with Gasteiger partial charge in [0.1, 0.15) is 17.4 Å². The van der Waals surface area contributed by atoms with Crippen molar-refractivity contribution in [2.45, 2.75) is 5.16 Å². The van der Waals surface area contributed by atoms with Crippen molar-refractivity contribution in [3.8, 4) is 23.1 Å². The molecular formula is C12H9N3O2S. The standard InChI is InChI=1S/C12H9N3O2S/c1-18-12-14-10(9(6-13)11(17)15-12)7-3-2-4-8(16)5-7/h2-5,16H,1H3,(H,14,15,17). The van der Waals surface area contributed by atoms with Gasteiger partial charge < -0.3 is 10.1 Å². The zero-order chi connectivity index (χ0) is 13.1. The highest BCUT2D eigenvalue weighted by Crippen LogP contribution is 2.24. The lowest BCUT2D eigenvalue weighted by molar-refractivity contribution is 0.475. The summed E-state index contributed by atoms with van der Waals surface area (Å²) >= 11 is 1.28. The molecule has 0 atom stereocenters. The quantitative estimate of drug-likeness (QED) is 0.633. The van der Waals surface area contributed by atoms with Crippen molar-refractivity contribution in [1.82, 2.24) is 9.97 Å². The van der Waals surface area contributed by atoms with Crippen molar-refractivity contribution in [3.63, 3.8) is 0 Å². The van der Waals surface area contributed by atoms with Gasteiger partial charge in [-0.05, 0) is 18.4 Å². The number of nitriles is 1. The van der Waals surface area contributed by atoms with Crippen molar-refractivity contribution in [2.24, 2.45) is 0 Å². The first-order valence-corrected chi connectivity index (χ1v) is 6.26. The van der Waals surface area contributed by atoms with Crippen LogP contribution in [0.1, 0.15) is 5.56 Å². The smallest absolute Gasteiger partial charge is 0.270 e. The Morgan fingerprint density at radius 1 is 1.50 bits per heavy atom. The van der Waals surface area contributed by atoms with Crippen LogP contribution in [0.3, 0.4) is 0 Å². The molecule has 1 aromatic heterocycles. The number of phenols is 1. The Morgan fingerprint density at radius 2 is 2.28 bits per heavy atom. The number of hydrogen-bond donors (Lipinski definition) is 2. The fourth-order valence-electron chi connectivity index (χ4n) is 1.52. The van der Waals surface area contributed by atoms with Crippen LogP contribution in [-0.4, -0.2) is 21.3 Å². The molecule has 18 heavy (non-hydrogen) atoms. The molecule has 2 aromatic rings. The summed E-state index contributed by atoms with van der Waals surface area (Å²) in [7, 11) is 0. The zero-order valence-electron chi connectivity index (χ0n) is 9.47. The van der Waals surface area contributed by atoms with Crippen LogP contribution < -0.4 is 5.56 Å². The van der Waals surface area contributed by atoms with Gasteiger partial charge in [0.2, 0.25) is 0 Å². The first-order valence-electron chi connectivity index (χ1n) is 5.03. The Labute approximate surface area is 107 Å². The number of aromatic nitrogens is 2. The Hall–Kier alpha value is -2.26. The van der Waals surface area contributed by atoms with Crippen LogP contribution in [0.4, 0.5) is 0 Å². The molecule has 0 spiro atoms. The Kier molecular flexibility index (Phi) is 3.35. The number of aromatic hydroxyl groups is 1. The third-order valence-electron chi connectivity index (χ3n) is 2.32. The summed E-state index contributed by atoms with van der Waals surface area (Å²) in [5.74, 6) is 0.0594. The Balaban J connectivity index is 2.74. The van der Waals surface area contributed by atoms with E-state index < -0.39 is 5.56 Å². The zero-order valence-corrected chi connectivity index (χ0v) is 10.3. The molecule has 0 fully saturated rings. The van der Waals surface area contributed by atoms with E-state index in [0.29, 0.717) is 10.7 Å². The monoisotopic (exact) mass is 259 g/mol. The lowest BCUT2D eigenvalue weighted by Crippen LogP contribution is -2.14. The maximum atomic E-state index is 11.7. The van der Waals surface area contributed by atoms with Crippen LogP contribution >= 0.6 is 11.8 Å². The summed E-state index contributed by atoms with van der Waals surface area (Å²) in [4.78, 5) is 18.4. The second-order valence-electron chi connectivity index (χ2n) is 3.46. The van der Waals surface area contributed by atoms with E-state index in [4.69, 9.17) is 5.26 Å². The number of benzene rings is 1. The summed E-state index contributed by atoms with van der Waals surface area (Å²) in [5, 5.41) is 18.9. The van der Waals surface area contributed by atoms with Gasteiger partial charge >= 0.3 is 0 Å². The van der Waals surface area contributed by atoms with E-state index in [1.807, 2.05) is 6.07 Å².